The Morgan fingerprint density at radius 1 is 1.56 bits per heavy atom. The van der Waals surface area contributed by atoms with Crippen LogP contribution in [-0.4, -0.2) is 33.6 Å². The van der Waals surface area contributed by atoms with Gasteiger partial charge in [-0.05, 0) is 29.3 Å². The highest BCUT2D eigenvalue weighted by Crippen LogP contribution is 2.25. The van der Waals surface area contributed by atoms with E-state index >= 15 is 0 Å². The summed E-state index contributed by atoms with van der Waals surface area (Å²) in [4.78, 5) is 14.5. The number of aryl methyl sites for hydroxylation is 1. The summed E-state index contributed by atoms with van der Waals surface area (Å²) in [5.74, 6) is 1.07. The van der Waals surface area contributed by atoms with Crippen LogP contribution in [0.1, 0.15) is 25.1 Å². The van der Waals surface area contributed by atoms with E-state index in [1.807, 2.05) is 0 Å². The number of anilines is 1. The van der Waals surface area contributed by atoms with Crippen LogP contribution in [0.15, 0.2) is 0 Å². The van der Waals surface area contributed by atoms with Crippen molar-refractivity contribution in [3.05, 3.63) is 15.9 Å². The van der Waals surface area contributed by atoms with Crippen LogP contribution in [0.2, 0.25) is 0 Å². The molecular formula is C11H19N5O2. The van der Waals surface area contributed by atoms with Gasteiger partial charge in [0.15, 0.2) is 0 Å². The van der Waals surface area contributed by atoms with Gasteiger partial charge >= 0.3 is 5.82 Å². The van der Waals surface area contributed by atoms with Gasteiger partial charge in [-0.15, -0.1) is 0 Å². The van der Waals surface area contributed by atoms with E-state index in [1.54, 1.807) is 18.5 Å². The SMILES string of the molecule is Cc1nc([N+](=O)[O-])c(NC2CCCCNC2)n1C. The first-order valence-corrected chi connectivity index (χ1v) is 6.24. The van der Waals surface area contributed by atoms with Crippen molar-refractivity contribution in [3.63, 3.8) is 0 Å². The predicted octanol–water partition coefficient (Wildman–Crippen LogP) is 1.19. The van der Waals surface area contributed by atoms with Gasteiger partial charge in [-0.3, -0.25) is 4.57 Å². The summed E-state index contributed by atoms with van der Waals surface area (Å²) in [6.07, 6.45) is 3.31. The molecule has 1 aliphatic rings. The van der Waals surface area contributed by atoms with Crippen molar-refractivity contribution in [3.8, 4) is 0 Å². The third-order valence-electron chi connectivity index (χ3n) is 3.36. The number of nitrogens with one attached hydrogen (secondary N) is 2. The van der Waals surface area contributed by atoms with E-state index in [4.69, 9.17) is 0 Å². The maximum Gasteiger partial charge on any atom is 0.406 e. The Balaban J connectivity index is 2.19. The molecule has 0 saturated carbocycles. The molecule has 2 heterocycles. The van der Waals surface area contributed by atoms with Gasteiger partial charge in [0, 0.05) is 26.6 Å². The number of imidazole rings is 1. The van der Waals surface area contributed by atoms with Crippen molar-refractivity contribution in [2.24, 2.45) is 7.05 Å². The minimum absolute atomic E-state index is 0.0840. The molecule has 0 aliphatic carbocycles. The molecule has 1 unspecified atom stereocenters. The van der Waals surface area contributed by atoms with Gasteiger partial charge in [0.25, 0.3) is 0 Å². The first kappa shape index (κ1) is 12.8. The zero-order valence-corrected chi connectivity index (χ0v) is 10.8. The standard InChI is InChI=1S/C11H19N5O2/c1-8-13-11(16(17)18)10(15(8)2)14-9-5-3-4-6-12-7-9/h9,12,14H,3-7H2,1-2H3. The quantitative estimate of drug-likeness (QED) is 0.624. The molecule has 2 rings (SSSR count). The van der Waals surface area contributed by atoms with E-state index in [0.717, 1.165) is 32.4 Å². The molecule has 0 aromatic carbocycles. The van der Waals surface area contributed by atoms with Crippen LogP contribution in [0.3, 0.4) is 0 Å². The minimum Gasteiger partial charge on any atom is -0.360 e. The van der Waals surface area contributed by atoms with E-state index in [-0.39, 0.29) is 11.9 Å². The zero-order chi connectivity index (χ0) is 13.1. The molecule has 1 fully saturated rings. The molecule has 0 spiro atoms. The summed E-state index contributed by atoms with van der Waals surface area (Å²) >= 11 is 0. The van der Waals surface area contributed by atoms with E-state index < -0.39 is 4.92 Å². The summed E-state index contributed by atoms with van der Waals surface area (Å²) in [5.41, 5.74) is 0. The third kappa shape index (κ3) is 2.61. The molecular weight excluding hydrogens is 234 g/mol. The van der Waals surface area contributed by atoms with Crippen LogP contribution in [0, 0.1) is 17.0 Å². The summed E-state index contributed by atoms with van der Waals surface area (Å²) in [6.45, 7) is 3.62. The smallest absolute Gasteiger partial charge is 0.360 e. The second-order valence-electron chi connectivity index (χ2n) is 4.69. The maximum atomic E-state index is 11.0. The number of aromatic nitrogens is 2. The molecule has 1 atom stereocenters. The van der Waals surface area contributed by atoms with E-state index in [1.165, 1.54) is 0 Å². The lowest BCUT2D eigenvalue weighted by molar-refractivity contribution is -0.388. The number of hydrogen-bond acceptors (Lipinski definition) is 5. The van der Waals surface area contributed by atoms with Crippen LogP contribution in [0.5, 0.6) is 0 Å². The molecule has 1 aromatic heterocycles. The molecule has 2 N–H and O–H groups in total. The normalized spacial score (nSPS) is 20.4. The van der Waals surface area contributed by atoms with Crippen LogP contribution in [-0.2, 0) is 7.05 Å². The molecule has 0 bridgehead atoms. The number of nitrogens with zero attached hydrogens (tertiary/aromatic N) is 3. The highest BCUT2D eigenvalue weighted by Gasteiger charge is 2.25. The Bertz CT molecular complexity index is 435. The van der Waals surface area contributed by atoms with Crippen LogP contribution < -0.4 is 10.6 Å². The van der Waals surface area contributed by atoms with Crippen molar-refractivity contribution in [2.75, 3.05) is 18.4 Å². The Hall–Kier alpha value is -1.63. The Labute approximate surface area is 106 Å². The topological polar surface area (TPSA) is 85.0 Å². The van der Waals surface area contributed by atoms with Crippen LogP contribution in [0.25, 0.3) is 0 Å². The molecule has 1 saturated heterocycles. The highest BCUT2D eigenvalue weighted by atomic mass is 16.6. The Morgan fingerprint density at radius 3 is 3.06 bits per heavy atom. The second kappa shape index (κ2) is 5.34. The fourth-order valence-electron chi connectivity index (χ4n) is 2.22. The highest BCUT2D eigenvalue weighted by molar-refractivity contribution is 5.54. The lowest BCUT2D eigenvalue weighted by Crippen LogP contribution is -2.31. The van der Waals surface area contributed by atoms with Gasteiger partial charge < -0.3 is 20.7 Å². The van der Waals surface area contributed by atoms with Gasteiger partial charge in [0.1, 0.15) is 0 Å². The second-order valence-corrected chi connectivity index (χ2v) is 4.69. The fraction of sp³-hybridized carbons (Fsp3) is 0.727. The molecule has 1 aromatic rings. The van der Waals surface area contributed by atoms with Crippen LogP contribution in [0.4, 0.5) is 11.6 Å². The maximum absolute atomic E-state index is 11.0. The Kier molecular flexibility index (Phi) is 3.81. The van der Waals surface area contributed by atoms with Crippen LogP contribution >= 0.6 is 0 Å². The van der Waals surface area contributed by atoms with Crippen molar-refractivity contribution in [1.29, 1.82) is 0 Å². The molecule has 0 radical (unpaired) electrons. The molecule has 100 valence electrons. The summed E-state index contributed by atoms with van der Waals surface area (Å²) < 4.78 is 1.74. The number of hydrogen-bond donors (Lipinski definition) is 2. The van der Waals surface area contributed by atoms with E-state index in [0.29, 0.717) is 11.6 Å². The molecule has 1 aliphatic heterocycles. The molecule has 18 heavy (non-hydrogen) atoms. The average Bonchev–Trinajstić information content (AvgIpc) is 2.56. The largest absolute Gasteiger partial charge is 0.406 e. The van der Waals surface area contributed by atoms with Crippen molar-refractivity contribution < 1.29 is 4.92 Å². The minimum atomic E-state index is -0.431. The Morgan fingerprint density at radius 2 is 2.33 bits per heavy atom. The first-order chi connectivity index (χ1) is 8.59. The zero-order valence-electron chi connectivity index (χ0n) is 10.8. The van der Waals surface area contributed by atoms with Crippen molar-refractivity contribution >= 4 is 11.6 Å². The first-order valence-electron chi connectivity index (χ1n) is 6.24. The molecule has 0 amide bonds. The predicted molar refractivity (Wildman–Crippen MR) is 68.7 cm³/mol. The summed E-state index contributed by atoms with van der Waals surface area (Å²) in [5, 5.41) is 17.6. The lowest BCUT2D eigenvalue weighted by atomic mass is 10.1. The monoisotopic (exact) mass is 253 g/mol. The molecule has 7 heteroatoms. The fourth-order valence-corrected chi connectivity index (χ4v) is 2.22. The van der Waals surface area contributed by atoms with Gasteiger partial charge in [-0.1, -0.05) is 6.42 Å². The van der Waals surface area contributed by atoms with Crippen molar-refractivity contribution in [2.45, 2.75) is 32.2 Å². The average molecular weight is 253 g/mol. The van der Waals surface area contributed by atoms with Gasteiger partial charge in [-0.25, -0.2) is 0 Å². The summed E-state index contributed by atoms with van der Waals surface area (Å²) in [7, 11) is 1.79. The van der Waals surface area contributed by atoms with Gasteiger partial charge in [0.05, 0.1) is 0 Å². The number of nitro groups is 1. The number of rotatable bonds is 3. The van der Waals surface area contributed by atoms with Crippen molar-refractivity contribution in [1.82, 2.24) is 14.9 Å². The lowest BCUT2D eigenvalue weighted by Gasteiger charge is -2.17. The van der Waals surface area contributed by atoms with Gasteiger partial charge in [-0.2, -0.15) is 0 Å². The van der Waals surface area contributed by atoms with E-state index in [2.05, 4.69) is 15.6 Å². The molecule has 7 nitrogen and oxygen atoms in total. The van der Waals surface area contributed by atoms with Gasteiger partial charge in [0.2, 0.25) is 11.6 Å². The van der Waals surface area contributed by atoms with E-state index in [9.17, 15) is 10.1 Å². The third-order valence-corrected chi connectivity index (χ3v) is 3.36. The summed E-state index contributed by atoms with van der Waals surface area (Å²) in [6, 6.07) is 0.223.